The predicted octanol–water partition coefficient (Wildman–Crippen LogP) is 3.37. The molecule has 0 aromatic heterocycles. The van der Waals surface area contributed by atoms with Crippen LogP contribution in [0.5, 0.6) is 0 Å². The van der Waals surface area contributed by atoms with Gasteiger partial charge in [-0.25, -0.2) is 0 Å². The van der Waals surface area contributed by atoms with Gasteiger partial charge in [-0.2, -0.15) is 5.26 Å². The number of hydrogen-bond donors (Lipinski definition) is 0. The Morgan fingerprint density at radius 1 is 1.29 bits per heavy atom. The van der Waals surface area contributed by atoms with Crippen LogP contribution < -0.4 is 0 Å². The fourth-order valence-corrected chi connectivity index (χ4v) is 1.73. The van der Waals surface area contributed by atoms with E-state index in [0.717, 1.165) is 6.42 Å². The Hall–Kier alpha value is -1.62. The van der Waals surface area contributed by atoms with E-state index in [1.807, 2.05) is 51.1 Å². The quantitative estimate of drug-likeness (QED) is 0.794. The van der Waals surface area contributed by atoms with Gasteiger partial charge in [-0.15, -0.1) is 0 Å². The smallest absolute Gasteiger partial charge is 0.155 e. The van der Waals surface area contributed by atoms with Crippen molar-refractivity contribution >= 4 is 5.78 Å². The minimum atomic E-state index is -0.491. The van der Waals surface area contributed by atoms with Crippen molar-refractivity contribution in [1.29, 1.82) is 5.26 Å². The number of aryl methyl sites for hydroxylation is 1. The summed E-state index contributed by atoms with van der Waals surface area (Å²) in [7, 11) is 0. The molecule has 0 heterocycles. The molecule has 0 saturated heterocycles. The number of carbonyl (C=O) groups is 1. The van der Waals surface area contributed by atoms with Crippen molar-refractivity contribution in [2.45, 2.75) is 33.6 Å². The second-order valence-electron chi connectivity index (χ2n) is 5.32. The van der Waals surface area contributed by atoms with E-state index in [0.29, 0.717) is 6.42 Å². The number of Topliss-reactive ketones (excluding diaryl/α,β-unsaturated/α-hetero) is 1. The lowest BCUT2D eigenvalue weighted by Gasteiger charge is -2.20. The van der Waals surface area contributed by atoms with Gasteiger partial charge in [0.15, 0.2) is 5.78 Å². The molecule has 2 heteroatoms. The third kappa shape index (κ3) is 4.03. The highest BCUT2D eigenvalue weighted by atomic mass is 16.1. The molecule has 0 fully saturated rings. The van der Waals surface area contributed by atoms with Gasteiger partial charge in [0.2, 0.25) is 0 Å². The SMILES string of the molecule is CC(C)(C)C(=O)C(C#N)CCc1ccccc1. The Morgan fingerprint density at radius 3 is 2.35 bits per heavy atom. The van der Waals surface area contributed by atoms with Gasteiger partial charge >= 0.3 is 0 Å². The van der Waals surface area contributed by atoms with Crippen molar-refractivity contribution in [2.24, 2.45) is 11.3 Å². The fourth-order valence-electron chi connectivity index (χ4n) is 1.73. The van der Waals surface area contributed by atoms with Crippen LogP contribution in [0.2, 0.25) is 0 Å². The van der Waals surface area contributed by atoms with Crippen LogP contribution in [0.25, 0.3) is 0 Å². The number of nitriles is 1. The number of rotatable bonds is 4. The molecule has 0 aliphatic rings. The monoisotopic (exact) mass is 229 g/mol. The van der Waals surface area contributed by atoms with E-state index in [1.165, 1.54) is 5.56 Å². The largest absolute Gasteiger partial charge is 0.298 e. The summed E-state index contributed by atoms with van der Waals surface area (Å²) in [6.45, 7) is 5.59. The maximum Gasteiger partial charge on any atom is 0.155 e. The molecule has 0 bridgehead atoms. The van der Waals surface area contributed by atoms with Crippen LogP contribution in [0.4, 0.5) is 0 Å². The molecule has 0 aliphatic heterocycles. The Balaban J connectivity index is 2.61. The number of carbonyl (C=O) groups excluding carboxylic acids is 1. The highest BCUT2D eigenvalue weighted by molar-refractivity contribution is 5.87. The normalized spacial score (nSPS) is 12.8. The lowest BCUT2D eigenvalue weighted by molar-refractivity contribution is -0.128. The summed E-state index contributed by atoms with van der Waals surface area (Å²) >= 11 is 0. The van der Waals surface area contributed by atoms with Crippen molar-refractivity contribution in [1.82, 2.24) is 0 Å². The van der Waals surface area contributed by atoms with E-state index in [-0.39, 0.29) is 5.78 Å². The van der Waals surface area contributed by atoms with Crippen LogP contribution in [0.1, 0.15) is 32.8 Å². The molecule has 1 rings (SSSR count). The Morgan fingerprint density at radius 2 is 1.88 bits per heavy atom. The molecule has 2 nitrogen and oxygen atoms in total. The summed E-state index contributed by atoms with van der Waals surface area (Å²) in [5, 5.41) is 9.07. The molecule has 1 unspecified atom stereocenters. The molecular weight excluding hydrogens is 210 g/mol. The molecule has 1 atom stereocenters. The highest BCUT2D eigenvalue weighted by Gasteiger charge is 2.29. The summed E-state index contributed by atoms with van der Waals surface area (Å²) in [6, 6.07) is 12.1. The molecule has 1 aromatic rings. The van der Waals surface area contributed by atoms with Gasteiger partial charge in [0, 0.05) is 5.41 Å². The maximum absolute atomic E-state index is 12.0. The summed E-state index contributed by atoms with van der Waals surface area (Å²) in [6.07, 6.45) is 1.39. The minimum Gasteiger partial charge on any atom is -0.298 e. The van der Waals surface area contributed by atoms with E-state index in [4.69, 9.17) is 5.26 Å². The molecule has 1 aromatic carbocycles. The zero-order valence-corrected chi connectivity index (χ0v) is 10.7. The summed E-state index contributed by atoms with van der Waals surface area (Å²) in [5.74, 6) is -0.453. The molecule has 0 saturated carbocycles. The van der Waals surface area contributed by atoms with Crippen LogP contribution in [-0.2, 0) is 11.2 Å². The van der Waals surface area contributed by atoms with Crippen LogP contribution in [0, 0.1) is 22.7 Å². The minimum absolute atomic E-state index is 0.0379. The van der Waals surface area contributed by atoms with Crippen molar-refractivity contribution < 1.29 is 4.79 Å². The fraction of sp³-hybridized carbons (Fsp3) is 0.467. The molecule has 0 amide bonds. The Bertz CT molecular complexity index is 409. The first kappa shape index (κ1) is 13.4. The number of benzene rings is 1. The molecule has 0 radical (unpaired) electrons. The number of nitrogens with zero attached hydrogens (tertiary/aromatic N) is 1. The van der Waals surface area contributed by atoms with Gasteiger partial charge in [0.05, 0.1) is 6.07 Å². The zero-order valence-electron chi connectivity index (χ0n) is 10.7. The second kappa shape index (κ2) is 5.63. The number of ketones is 1. The first-order valence-electron chi connectivity index (χ1n) is 5.93. The second-order valence-corrected chi connectivity index (χ2v) is 5.32. The van der Waals surface area contributed by atoms with E-state index in [9.17, 15) is 4.79 Å². The average Bonchev–Trinajstić information content (AvgIpc) is 2.30. The lowest BCUT2D eigenvalue weighted by atomic mass is 9.81. The molecular formula is C15H19NO. The molecule has 0 spiro atoms. The van der Waals surface area contributed by atoms with E-state index >= 15 is 0 Å². The van der Waals surface area contributed by atoms with Crippen molar-refractivity contribution in [3.05, 3.63) is 35.9 Å². The van der Waals surface area contributed by atoms with Crippen LogP contribution in [0.15, 0.2) is 30.3 Å². The third-order valence-electron chi connectivity index (χ3n) is 2.78. The van der Waals surface area contributed by atoms with Crippen LogP contribution in [0.3, 0.4) is 0 Å². The Labute approximate surface area is 103 Å². The van der Waals surface area contributed by atoms with Gasteiger partial charge in [-0.05, 0) is 18.4 Å². The molecule has 0 aliphatic carbocycles. The first-order valence-corrected chi connectivity index (χ1v) is 5.93. The molecule has 0 N–H and O–H groups in total. The van der Waals surface area contributed by atoms with E-state index in [1.54, 1.807) is 0 Å². The summed E-state index contributed by atoms with van der Waals surface area (Å²) in [4.78, 5) is 12.0. The predicted molar refractivity (Wildman–Crippen MR) is 68.3 cm³/mol. The molecule has 17 heavy (non-hydrogen) atoms. The van der Waals surface area contributed by atoms with Gasteiger partial charge in [0.1, 0.15) is 5.92 Å². The van der Waals surface area contributed by atoms with Crippen molar-refractivity contribution in [3.8, 4) is 6.07 Å². The van der Waals surface area contributed by atoms with Crippen molar-refractivity contribution in [2.75, 3.05) is 0 Å². The van der Waals surface area contributed by atoms with E-state index < -0.39 is 11.3 Å². The highest BCUT2D eigenvalue weighted by Crippen LogP contribution is 2.23. The van der Waals surface area contributed by atoms with Crippen molar-refractivity contribution in [3.63, 3.8) is 0 Å². The van der Waals surface area contributed by atoms with Gasteiger partial charge < -0.3 is 0 Å². The standard InChI is InChI=1S/C15H19NO/c1-15(2,3)14(17)13(11-16)10-9-12-7-5-4-6-8-12/h4-8,13H,9-10H2,1-3H3. The van der Waals surface area contributed by atoms with Crippen LogP contribution in [-0.4, -0.2) is 5.78 Å². The van der Waals surface area contributed by atoms with Gasteiger partial charge in [-0.1, -0.05) is 51.1 Å². The molecule has 90 valence electrons. The maximum atomic E-state index is 12.0. The average molecular weight is 229 g/mol. The lowest BCUT2D eigenvalue weighted by Crippen LogP contribution is -2.27. The first-order chi connectivity index (χ1) is 7.95. The third-order valence-corrected chi connectivity index (χ3v) is 2.78. The van der Waals surface area contributed by atoms with Gasteiger partial charge in [-0.3, -0.25) is 4.79 Å². The Kier molecular flexibility index (Phi) is 4.45. The van der Waals surface area contributed by atoms with E-state index in [2.05, 4.69) is 6.07 Å². The number of hydrogen-bond acceptors (Lipinski definition) is 2. The summed E-state index contributed by atoms with van der Waals surface area (Å²) < 4.78 is 0. The topological polar surface area (TPSA) is 40.9 Å². The van der Waals surface area contributed by atoms with Gasteiger partial charge in [0.25, 0.3) is 0 Å². The van der Waals surface area contributed by atoms with Crippen LogP contribution >= 0.6 is 0 Å². The zero-order chi connectivity index (χ0) is 12.9. The summed E-state index contributed by atoms with van der Waals surface area (Å²) in [5.41, 5.74) is 0.742.